The lowest BCUT2D eigenvalue weighted by atomic mass is 10.0. The van der Waals surface area contributed by atoms with Crippen molar-refractivity contribution in [2.75, 3.05) is 38.6 Å². The van der Waals surface area contributed by atoms with Crippen molar-refractivity contribution >= 4 is 17.7 Å². The SMILES string of the molecule is CC(SCC(=O)NCC(C)(C)N1CCOCC1)c1c(F)cccc1F. The van der Waals surface area contributed by atoms with Crippen molar-refractivity contribution in [2.45, 2.75) is 31.6 Å². The van der Waals surface area contributed by atoms with Crippen LogP contribution in [0.4, 0.5) is 8.78 Å². The molecule has 0 aliphatic carbocycles. The first kappa shape index (κ1) is 20.1. The van der Waals surface area contributed by atoms with Crippen molar-refractivity contribution in [1.29, 1.82) is 0 Å². The van der Waals surface area contributed by atoms with Crippen LogP contribution in [0, 0.1) is 11.6 Å². The highest BCUT2D eigenvalue weighted by Gasteiger charge is 2.28. The number of amides is 1. The van der Waals surface area contributed by atoms with Crippen LogP contribution >= 0.6 is 11.8 Å². The lowest BCUT2D eigenvalue weighted by molar-refractivity contribution is -0.119. The van der Waals surface area contributed by atoms with Gasteiger partial charge in [0.25, 0.3) is 0 Å². The minimum absolute atomic E-state index is 0.0222. The minimum Gasteiger partial charge on any atom is -0.379 e. The number of carbonyl (C=O) groups is 1. The Morgan fingerprint density at radius 1 is 1.32 bits per heavy atom. The van der Waals surface area contributed by atoms with E-state index in [0.717, 1.165) is 13.1 Å². The van der Waals surface area contributed by atoms with Gasteiger partial charge in [0.1, 0.15) is 11.6 Å². The third-order valence-corrected chi connectivity index (χ3v) is 5.62. The fourth-order valence-electron chi connectivity index (χ4n) is 2.83. The molecule has 25 heavy (non-hydrogen) atoms. The third kappa shape index (κ3) is 5.66. The van der Waals surface area contributed by atoms with Crippen LogP contribution in [-0.4, -0.2) is 54.9 Å². The number of nitrogens with one attached hydrogen (secondary N) is 1. The molecule has 1 aromatic carbocycles. The monoisotopic (exact) mass is 372 g/mol. The first-order valence-electron chi connectivity index (χ1n) is 8.46. The molecule has 1 aliphatic heterocycles. The Hall–Kier alpha value is -1.18. The van der Waals surface area contributed by atoms with Gasteiger partial charge in [0.15, 0.2) is 0 Å². The number of carbonyl (C=O) groups excluding carboxylic acids is 1. The molecule has 0 spiro atoms. The molecule has 4 nitrogen and oxygen atoms in total. The summed E-state index contributed by atoms with van der Waals surface area (Å²) in [6.45, 7) is 9.51. The molecule has 1 unspecified atom stereocenters. The first-order chi connectivity index (χ1) is 11.8. The summed E-state index contributed by atoms with van der Waals surface area (Å²) in [7, 11) is 0. The van der Waals surface area contributed by atoms with Gasteiger partial charge in [-0.2, -0.15) is 0 Å². The molecule has 1 atom stereocenters. The molecule has 7 heteroatoms. The van der Waals surface area contributed by atoms with Crippen molar-refractivity contribution < 1.29 is 18.3 Å². The summed E-state index contributed by atoms with van der Waals surface area (Å²) in [5.41, 5.74) is -0.137. The molecule has 0 aromatic heterocycles. The van der Waals surface area contributed by atoms with Gasteiger partial charge in [0.2, 0.25) is 5.91 Å². The van der Waals surface area contributed by atoms with E-state index >= 15 is 0 Å². The number of hydrogen-bond donors (Lipinski definition) is 1. The van der Waals surface area contributed by atoms with Gasteiger partial charge < -0.3 is 10.1 Å². The van der Waals surface area contributed by atoms with Crippen molar-refractivity contribution in [1.82, 2.24) is 10.2 Å². The van der Waals surface area contributed by atoms with Gasteiger partial charge in [-0.05, 0) is 32.9 Å². The predicted octanol–water partition coefficient (Wildman–Crippen LogP) is 2.99. The van der Waals surface area contributed by atoms with E-state index in [4.69, 9.17) is 4.74 Å². The molecular weight excluding hydrogens is 346 g/mol. The van der Waals surface area contributed by atoms with Crippen molar-refractivity contribution in [2.24, 2.45) is 0 Å². The second-order valence-corrected chi connectivity index (χ2v) is 8.11. The third-order valence-electron chi connectivity index (χ3n) is 4.46. The molecule has 0 saturated carbocycles. The molecule has 2 rings (SSSR count). The lowest BCUT2D eigenvalue weighted by Crippen LogP contribution is -2.55. The summed E-state index contributed by atoms with van der Waals surface area (Å²) in [6, 6.07) is 3.81. The average molecular weight is 372 g/mol. The topological polar surface area (TPSA) is 41.6 Å². The van der Waals surface area contributed by atoms with Crippen LogP contribution in [0.15, 0.2) is 18.2 Å². The summed E-state index contributed by atoms with van der Waals surface area (Å²) >= 11 is 1.23. The smallest absolute Gasteiger partial charge is 0.230 e. The highest BCUT2D eigenvalue weighted by atomic mass is 32.2. The Morgan fingerprint density at radius 2 is 1.92 bits per heavy atom. The molecule has 1 N–H and O–H groups in total. The van der Waals surface area contributed by atoms with E-state index in [0.29, 0.717) is 19.8 Å². The van der Waals surface area contributed by atoms with Gasteiger partial charge >= 0.3 is 0 Å². The van der Waals surface area contributed by atoms with E-state index in [1.165, 1.54) is 30.0 Å². The van der Waals surface area contributed by atoms with E-state index in [1.807, 2.05) is 0 Å². The summed E-state index contributed by atoms with van der Waals surface area (Å²) in [5, 5.41) is 2.50. The Balaban J connectivity index is 1.80. The van der Waals surface area contributed by atoms with E-state index in [2.05, 4.69) is 24.1 Å². The van der Waals surface area contributed by atoms with Gasteiger partial charge in [0.05, 0.1) is 19.0 Å². The average Bonchev–Trinajstić information content (AvgIpc) is 2.59. The fraction of sp³-hybridized carbons (Fsp3) is 0.611. The zero-order valence-electron chi connectivity index (χ0n) is 15.0. The van der Waals surface area contributed by atoms with Crippen LogP contribution in [0.1, 0.15) is 31.6 Å². The normalized spacial score (nSPS) is 17.3. The molecule has 1 aliphatic rings. The summed E-state index contributed by atoms with van der Waals surface area (Å²) in [4.78, 5) is 14.4. The molecule has 1 heterocycles. The van der Waals surface area contributed by atoms with E-state index in [9.17, 15) is 13.6 Å². The standard InChI is InChI=1S/C18H26F2N2O2S/c1-13(17-14(19)5-4-6-15(17)20)25-11-16(23)21-12-18(2,3)22-7-9-24-10-8-22/h4-6,13H,7-12H2,1-3H3,(H,21,23). The van der Waals surface area contributed by atoms with Gasteiger partial charge in [0, 0.05) is 36.0 Å². The van der Waals surface area contributed by atoms with E-state index in [-0.39, 0.29) is 22.8 Å². The Labute approximate surface area is 152 Å². The van der Waals surface area contributed by atoms with Crippen LogP contribution < -0.4 is 5.32 Å². The highest BCUT2D eigenvalue weighted by Crippen LogP contribution is 2.31. The Kier molecular flexibility index (Phi) is 7.22. The van der Waals surface area contributed by atoms with Crippen LogP contribution in [0.5, 0.6) is 0 Å². The quantitative estimate of drug-likeness (QED) is 0.799. The van der Waals surface area contributed by atoms with Crippen LogP contribution in [0.3, 0.4) is 0 Å². The van der Waals surface area contributed by atoms with Gasteiger partial charge in [-0.3, -0.25) is 9.69 Å². The second-order valence-electron chi connectivity index (χ2n) is 6.78. The molecule has 0 radical (unpaired) electrons. The molecule has 1 amide bonds. The molecule has 0 bridgehead atoms. The van der Waals surface area contributed by atoms with Crippen LogP contribution in [-0.2, 0) is 9.53 Å². The predicted molar refractivity (Wildman–Crippen MR) is 96.7 cm³/mol. The molecular formula is C18H26F2N2O2S. The van der Waals surface area contributed by atoms with Crippen molar-refractivity contribution in [3.8, 4) is 0 Å². The number of nitrogens with zero attached hydrogens (tertiary/aromatic N) is 1. The molecule has 1 aromatic rings. The number of benzene rings is 1. The Bertz CT molecular complexity index is 572. The van der Waals surface area contributed by atoms with Gasteiger partial charge in [-0.1, -0.05) is 6.07 Å². The maximum atomic E-state index is 13.8. The van der Waals surface area contributed by atoms with Gasteiger partial charge in [-0.15, -0.1) is 11.8 Å². The number of rotatable bonds is 7. The lowest BCUT2D eigenvalue weighted by Gasteiger charge is -2.40. The van der Waals surface area contributed by atoms with Crippen molar-refractivity contribution in [3.63, 3.8) is 0 Å². The highest BCUT2D eigenvalue weighted by molar-refractivity contribution is 8.00. The fourth-order valence-corrected chi connectivity index (χ4v) is 3.72. The van der Waals surface area contributed by atoms with Crippen LogP contribution in [0.25, 0.3) is 0 Å². The zero-order chi connectivity index (χ0) is 18.4. The summed E-state index contributed by atoms with van der Waals surface area (Å²) < 4.78 is 32.9. The number of halogens is 2. The largest absolute Gasteiger partial charge is 0.379 e. The maximum Gasteiger partial charge on any atom is 0.230 e. The zero-order valence-corrected chi connectivity index (χ0v) is 15.8. The number of morpholine rings is 1. The molecule has 1 fully saturated rings. The van der Waals surface area contributed by atoms with E-state index in [1.54, 1.807) is 6.92 Å². The summed E-state index contributed by atoms with van der Waals surface area (Å²) in [5.74, 6) is -1.12. The minimum atomic E-state index is -0.575. The first-order valence-corrected chi connectivity index (χ1v) is 9.51. The number of hydrogen-bond acceptors (Lipinski definition) is 4. The number of ether oxygens (including phenoxy) is 1. The van der Waals surface area contributed by atoms with E-state index < -0.39 is 16.9 Å². The maximum absolute atomic E-state index is 13.8. The van der Waals surface area contributed by atoms with Crippen LogP contribution in [0.2, 0.25) is 0 Å². The summed E-state index contributed by atoms with van der Waals surface area (Å²) in [6.07, 6.45) is 0. The van der Waals surface area contributed by atoms with Crippen molar-refractivity contribution in [3.05, 3.63) is 35.4 Å². The van der Waals surface area contributed by atoms with Gasteiger partial charge in [-0.25, -0.2) is 8.78 Å². The molecule has 140 valence electrons. The number of thioether (sulfide) groups is 1. The second kappa shape index (κ2) is 8.96. The Morgan fingerprint density at radius 3 is 2.52 bits per heavy atom. The molecule has 1 saturated heterocycles.